The first-order valence-electron chi connectivity index (χ1n) is 4.19. The molecule has 1 aliphatic rings. The third kappa shape index (κ3) is 1.37. The molecule has 3 heteroatoms. The molecule has 13 heavy (non-hydrogen) atoms. The number of esters is 1. The maximum absolute atomic E-state index is 11.1. The van der Waals surface area contributed by atoms with E-state index in [1.54, 1.807) is 0 Å². The molecule has 0 bridgehead atoms. The normalized spacial score (nSPS) is 15.2. The van der Waals surface area contributed by atoms with Crippen LogP contribution in [0, 0.1) is 6.92 Å². The van der Waals surface area contributed by atoms with Gasteiger partial charge in [0.2, 0.25) is 0 Å². The van der Waals surface area contributed by atoms with Crippen molar-refractivity contribution in [2.75, 3.05) is 18.5 Å². The average Bonchev–Trinajstić information content (AvgIpc) is 2.06. The standard InChI is InChI=1S/C10H11NO2/c1-7-3-4-9-8(5-7)11(2)6-10(12)13-9/h3-5H,6H2,1-2H3. The quantitative estimate of drug-likeness (QED) is 0.442. The van der Waals surface area contributed by atoms with Gasteiger partial charge in [-0.3, -0.25) is 0 Å². The van der Waals surface area contributed by atoms with Crippen LogP contribution in [0.1, 0.15) is 5.56 Å². The fourth-order valence-corrected chi connectivity index (χ4v) is 1.45. The Hall–Kier alpha value is -1.51. The minimum atomic E-state index is -0.196. The van der Waals surface area contributed by atoms with Crippen LogP contribution in [0.15, 0.2) is 18.2 Å². The number of rotatable bonds is 0. The van der Waals surface area contributed by atoms with Crippen LogP contribution in [0.4, 0.5) is 5.69 Å². The van der Waals surface area contributed by atoms with Crippen molar-refractivity contribution in [2.45, 2.75) is 6.92 Å². The molecule has 0 radical (unpaired) electrons. The van der Waals surface area contributed by atoms with Crippen LogP contribution in [0.25, 0.3) is 0 Å². The van der Waals surface area contributed by atoms with Crippen LogP contribution < -0.4 is 9.64 Å². The molecule has 0 saturated carbocycles. The molecule has 0 unspecified atom stereocenters. The molecule has 0 N–H and O–H groups in total. The summed E-state index contributed by atoms with van der Waals surface area (Å²) < 4.78 is 5.08. The summed E-state index contributed by atoms with van der Waals surface area (Å²) in [5, 5.41) is 0. The molecular formula is C10H11NO2. The lowest BCUT2D eigenvalue weighted by Gasteiger charge is -2.26. The first kappa shape index (κ1) is 8.10. The Bertz CT molecular complexity index is 360. The molecule has 2 rings (SSSR count). The third-order valence-electron chi connectivity index (χ3n) is 2.12. The van der Waals surface area contributed by atoms with Gasteiger partial charge in [0.15, 0.2) is 5.75 Å². The monoisotopic (exact) mass is 177 g/mol. The summed E-state index contributed by atoms with van der Waals surface area (Å²) in [5.74, 6) is 0.461. The predicted molar refractivity (Wildman–Crippen MR) is 50.1 cm³/mol. The van der Waals surface area contributed by atoms with Gasteiger partial charge in [0.05, 0.1) is 5.69 Å². The van der Waals surface area contributed by atoms with E-state index in [0.29, 0.717) is 12.3 Å². The summed E-state index contributed by atoms with van der Waals surface area (Å²) in [6, 6.07) is 5.78. The Labute approximate surface area is 76.9 Å². The van der Waals surface area contributed by atoms with E-state index in [4.69, 9.17) is 4.74 Å². The number of hydrogen-bond donors (Lipinski definition) is 0. The summed E-state index contributed by atoms with van der Waals surface area (Å²) in [6.07, 6.45) is 0. The zero-order chi connectivity index (χ0) is 9.42. The van der Waals surface area contributed by atoms with Gasteiger partial charge < -0.3 is 9.64 Å². The minimum absolute atomic E-state index is 0.196. The fourth-order valence-electron chi connectivity index (χ4n) is 1.45. The molecule has 0 amide bonds. The fraction of sp³-hybridized carbons (Fsp3) is 0.300. The average molecular weight is 177 g/mol. The maximum atomic E-state index is 11.1. The lowest BCUT2D eigenvalue weighted by atomic mass is 10.2. The van der Waals surface area contributed by atoms with Gasteiger partial charge in [-0.05, 0) is 24.6 Å². The van der Waals surface area contributed by atoms with Gasteiger partial charge in [0, 0.05) is 7.05 Å². The van der Waals surface area contributed by atoms with Gasteiger partial charge in [0.25, 0.3) is 0 Å². The van der Waals surface area contributed by atoms with Crippen LogP contribution in [0.2, 0.25) is 0 Å². The smallest absolute Gasteiger partial charge is 0.330 e. The SMILES string of the molecule is Cc1ccc2c(c1)N(C)CC(=O)O2. The zero-order valence-corrected chi connectivity index (χ0v) is 7.70. The molecule has 1 aromatic carbocycles. The summed E-state index contributed by atoms with van der Waals surface area (Å²) in [4.78, 5) is 13.0. The number of fused-ring (bicyclic) bond motifs is 1. The number of hydrogen-bond acceptors (Lipinski definition) is 3. The van der Waals surface area contributed by atoms with Crippen molar-refractivity contribution < 1.29 is 9.53 Å². The molecule has 0 saturated heterocycles. The molecule has 1 heterocycles. The Kier molecular flexibility index (Phi) is 1.72. The van der Waals surface area contributed by atoms with E-state index in [-0.39, 0.29) is 5.97 Å². The molecule has 0 aliphatic carbocycles. The van der Waals surface area contributed by atoms with Crippen LogP contribution in [0.3, 0.4) is 0 Å². The number of carbonyl (C=O) groups is 1. The molecule has 68 valence electrons. The van der Waals surface area contributed by atoms with Crippen LogP contribution >= 0.6 is 0 Å². The van der Waals surface area contributed by atoms with Crippen LogP contribution in [-0.2, 0) is 4.79 Å². The summed E-state index contributed by atoms with van der Waals surface area (Å²) in [7, 11) is 1.89. The van der Waals surface area contributed by atoms with Gasteiger partial charge >= 0.3 is 5.97 Å². The largest absolute Gasteiger partial charge is 0.423 e. The number of aryl methyl sites for hydroxylation is 1. The summed E-state index contributed by atoms with van der Waals surface area (Å²) in [5.41, 5.74) is 2.16. The number of carbonyl (C=O) groups excluding carboxylic acids is 1. The van der Waals surface area contributed by atoms with E-state index in [2.05, 4.69) is 0 Å². The van der Waals surface area contributed by atoms with Gasteiger partial charge in [-0.1, -0.05) is 6.07 Å². The molecule has 3 nitrogen and oxygen atoms in total. The molecule has 1 aliphatic heterocycles. The van der Waals surface area contributed by atoms with Crippen molar-refractivity contribution in [3.63, 3.8) is 0 Å². The molecular weight excluding hydrogens is 166 g/mol. The minimum Gasteiger partial charge on any atom is -0.423 e. The number of ether oxygens (including phenoxy) is 1. The molecule has 0 aromatic heterocycles. The highest BCUT2D eigenvalue weighted by Crippen LogP contribution is 2.31. The second-order valence-corrected chi connectivity index (χ2v) is 3.30. The predicted octanol–water partition coefficient (Wildman–Crippen LogP) is 1.35. The third-order valence-corrected chi connectivity index (χ3v) is 2.12. The van der Waals surface area contributed by atoms with Gasteiger partial charge in [-0.2, -0.15) is 0 Å². The Morgan fingerprint density at radius 2 is 2.23 bits per heavy atom. The molecule has 0 spiro atoms. The second kappa shape index (κ2) is 2.76. The summed E-state index contributed by atoms with van der Waals surface area (Å²) in [6.45, 7) is 2.35. The molecule has 0 atom stereocenters. The first-order chi connectivity index (χ1) is 6.16. The molecule has 0 fully saturated rings. The van der Waals surface area contributed by atoms with Gasteiger partial charge in [0.1, 0.15) is 6.54 Å². The zero-order valence-electron chi connectivity index (χ0n) is 7.70. The maximum Gasteiger partial charge on any atom is 0.330 e. The van der Waals surface area contributed by atoms with E-state index in [1.165, 1.54) is 5.56 Å². The highest BCUT2D eigenvalue weighted by molar-refractivity contribution is 5.84. The topological polar surface area (TPSA) is 29.5 Å². The van der Waals surface area contributed by atoms with Crippen molar-refractivity contribution in [3.05, 3.63) is 23.8 Å². The van der Waals surface area contributed by atoms with E-state index < -0.39 is 0 Å². The molecule has 1 aromatic rings. The Balaban J connectivity index is 2.49. The van der Waals surface area contributed by atoms with E-state index >= 15 is 0 Å². The summed E-state index contributed by atoms with van der Waals surface area (Å²) >= 11 is 0. The number of anilines is 1. The van der Waals surface area contributed by atoms with Crippen LogP contribution in [0.5, 0.6) is 5.75 Å². The first-order valence-corrected chi connectivity index (χ1v) is 4.19. The number of likely N-dealkylation sites (N-methyl/N-ethyl adjacent to an activating group) is 1. The van der Waals surface area contributed by atoms with Crippen molar-refractivity contribution in [3.8, 4) is 5.75 Å². The van der Waals surface area contributed by atoms with Crippen molar-refractivity contribution >= 4 is 11.7 Å². The highest BCUT2D eigenvalue weighted by atomic mass is 16.5. The Morgan fingerprint density at radius 1 is 1.46 bits per heavy atom. The lowest BCUT2D eigenvalue weighted by molar-refractivity contribution is -0.133. The lowest BCUT2D eigenvalue weighted by Crippen LogP contribution is -2.33. The number of nitrogens with zero attached hydrogens (tertiary/aromatic N) is 1. The second-order valence-electron chi connectivity index (χ2n) is 3.30. The highest BCUT2D eigenvalue weighted by Gasteiger charge is 2.20. The number of benzene rings is 1. The van der Waals surface area contributed by atoms with Crippen molar-refractivity contribution in [1.29, 1.82) is 0 Å². The van der Waals surface area contributed by atoms with Crippen molar-refractivity contribution in [1.82, 2.24) is 0 Å². The van der Waals surface area contributed by atoms with E-state index in [9.17, 15) is 4.79 Å². The van der Waals surface area contributed by atoms with E-state index in [0.717, 1.165) is 5.69 Å². The van der Waals surface area contributed by atoms with Gasteiger partial charge in [-0.15, -0.1) is 0 Å². The Morgan fingerprint density at radius 3 is 3.00 bits per heavy atom. The van der Waals surface area contributed by atoms with Crippen LogP contribution in [-0.4, -0.2) is 19.6 Å². The van der Waals surface area contributed by atoms with Crippen molar-refractivity contribution in [2.24, 2.45) is 0 Å². The van der Waals surface area contributed by atoms with E-state index in [1.807, 2.05) is 37.1 Å². The van der Waals surface area contributed by atoms with Gasteiger partial charge in [-0.25, -0.2) is 4.79 Å².